The highest BCUT2D eigenvalue weighted by Crippen LogP contribution is 2.39. The normalized spacial score (nSPS) is 19.8. The quantitative estimate of drug-likeness (QED) is 0.667. The van der Waals surface area contributed by atoms with Crippen LogP contribution in [0.4, 0.5) is 5.69 Å². The second-order valence-electron chi connectivity index (χ2n) is 6.45. The molecule has 8 nitrogen and oxygen atoms in total. The zero-order chi connectivity index (χ0) is 18.8. The van der Waals surface area contributed by atoms with Crippen LogP contribution in [0.1, 0.15) is 32.1 Å². The molecule has 0 saturated heterocycles. The fraction of sp³-hybridized carbons (Fsp3) is 0.412. The number of guanidine groups is 2. The van der Waals surface area contributed by atoms with Crippen LogP contribution >= 0.6 is 0 Å². The lowest BCUT2D eigenvalue weighted by molar-refractivity contribution is 0.305. The molecule has 140 valence electrons. The minimum atomic E-state index is -3.57. The van der Waals surface area contributed by atoms with E-state index >= 15 is 0 Å². The summed E-state index contributed by atoms with van der Waals surface area (Å²) < 4.78 is 26.9. The lowest BCUT2D eigenvalue weighted by Crippen LogP contribution is -2.58. The second-order valence-corrected chi connectivity index (χ2v) is 8.22. The van der Waals surface area contributed by atoms with Crippen LogP contribution in [0.3, 0.4) is 0 Å². The number of nitrogens with one attached hydrogen (secondary N) is 1. The highest BCUT2D eigenvalue weighted by atomic mass is 32.2. The van der Waals surface area contributed by atoms with Crippen molar-refractivity contribution < 1.29 is 8.42 Å². The van der Waals surface area contributed by atoms with Crippen molar-refractivity contribution in [1.82, 2.24) is 4.72 Å². The third-order valence-corrected chi connectivity index (χ3v) is 6.11. The van der Waals surface area contributed by atoms with E-state index in [0.717, 1.165) is 37.8 Å². The Hall–Kier alpha value is -2.39. The van der Waals surface area contributed by atoms with Crippen molar-refractivity contribution >= 4 is 27.6 Å². The maximum absolute atomic E-state index is 12.2. The molecule has 1 heterocycles. The zero-order valence-electron chi connectivity index (χ0n) is 14.6. The van der Waals surface area contributed by atoms with E-state index in [1.54, 1.807) is 24.3 Å². The third-order valence-electron chi connectivity index (χ3n) is 4.67. The molecule has 0 radical (unpaired) electrons. The van der Waals surface area contributed by atoms with Crippen LogP contribution in [0, 0.1) is 0 Å². The lowest BCUT2D eigenvalue weighted by atomic mass is 9.87. The summed E-state index contributed by atoms with van der Waals surface area (Å²) in [5.74, 6) is 0.466. The number of hydrogen-bond donors (Lipinski definition) is 3. The van der Waals surface area contributed by atoms with Crippen LogP contribution in [0.5, 0.6) is 0 Å². The van der Waals surface area contributed by atoms with E-state index in [9.17, 15) is 8.42 Å². The first-order valence-electron chi connectivity index (χ1n) is 8.58. The van der Waals surface area contributed by atoms with E-state index in [0.29, 0.717) is 0 Å². The summed E-state index contributed by atoms with van der Waals surface area (Å²) in [5, 5.41) is 0. The number of benzene rings is 1. The van der Waals surface area contributed by atoms with Crippen molar-refractivity contribution in [2.45, 2.75) is 42.7 Å². The summed E-state index contributed by atoms with van der Waals surface area (Å²) >= 11 is 0. The molecule has 1 aliphatic carbocycles. The summed E-state index contributed by atoms with van der Waals surface area (Å²) in [5.41, 5.74) is 12.2. The fourth-order valence-electron chi connectivity index (χ4n) is 3.52. The molecule has 0 atom stereocenters. The van der Waals surface area contributed by atoms with Gasteiger partial charge >= 0.3 is 0 Å². The smallest absolute Gasteiger partial charge is 0.240 e. The van der Waals surface area contributed by atoms with E-state index in [4.69, 9.17) is 11.5 Å². The zero-order valence-corrected chi connectivity index (χ0v) is 15.4. The van der Waals surface area contributed by atoms with Crippen LogP contribution in [-0.2, 0) is 10.0 Å². The minimum Gasteiger partial charge on any atom is -0.369 e. The Bertz CT molecular complexity index is 839. The van der Waals surface area contributed by atoms with Gasteiger partial charge in [-0.25, -0.2) is 18.1 Å². The summed E-state index contributed by atoms with van der Waals surface area (Å²) in [6, 6.07) is 6.54. The molecular formula is C17H24N6O2S. The second kappa shape index (κ2) is 7.08. The molecule has 3 rings (SSSR count). The number of sulfonamides is 1. The first-order chi connectivity index (χ1) is 12.4. The van der Waals surface area contributed by atoms with Crippen molar-refractivity contribution in [2.24, 2.45) is 21.5 Å². The summed E-state index contributed by atoms with van der Waals surface area (Å²) in [7, 11) is -3.57. The SMILES string of the molecule is C=CCNS(=O)(=O)c1ccc(N2C(N)=NC(N)=NC23CCCCC3)cc1. The first kappa shape index (κ1) is 18.4. The highest BCUT2D eigenvalue weighted by Gasteiger charge is 2.42. The molecule has 1 aliphatic heterocycles. The Kier molecular flexibility index (Phi) is 5.01. The summed E-state index contributed by atoms with van der Waals surface area (Å²) in [4.78, 5) is 10.8. The predicted molar refractivity (Wildman–Crippen MR) is 103 cm³/mol. The van der Waals surface area contributed by atoms with Gasteiger partial charge in [0.25, 0.3) is 0 Å². The van der Waals surface area contributed by atoms with Gasteiger partial charge in [0.15, 0.2) is 0 Å². The van der Waals surface area contributed by atoms with Crippen molar-refractivity contribution in [3.8, 4) is 0 Å². The van der Waals surface area contributed by atoms with Gasteiger partial charge in [-0.2, -0.15) is 4.99 Å². The number of aliphatic imine (C=N–C) groups is 2. The molecule has 1 aromatic carbocycles. The van der Waals surface area contributed by atoms with Crippen LogP contribution in [-0.4, -0.2) is 32.5 Å². The van der Waals surface area contributed by atoms with Gasteiger partial charge in [0.05, 0.1) is 4.90 Å². The van der Waals surface area contributed by atoms with Crippen LogP contribution in [0.2, 0.25) is 0 Å². The molecule has 5 N–H and O–H groups in total. The van der Waals surface area contributed by atoms with Crippen LogP contribution < -0.4 is 21.1 Å². The lowest BCUT2D eigenvalue weighted by Gasteiger charge is -2.45. The molecule has 0 bridgehead atoms. The average molecular weight is 376 g/mol. The van der Waals surface area contributed by atoms with E-state index in [2.05, 4.69) is 21.3 Å². The van der Waals surface area contributed by atoms with Gasteiger partial charge in [-0.1, -0.05) is 12.5 Å². The maximum Gasteiger partial charge on any atom is 0.240 e. The molecule has 0 aromatic heterocycles. The summed E-state index contributed by atoms with van der Waals surface area (Å²) in [6.45, 7) is 3.69. The number of nitrogens with two attached hydrogens (primary N) is 2. The first-order valence-corrected chi connectivity index (χ1v) is 10.1. The molecule has 1 fully saturated rings. The summed E-state index contributed by atoms with van der Waals surface area (Å²) in [6.07, 6.45) is 6.34. The molecule has 26 heavy (non-hydrogen) atoms. The van der Waals surface area contributed by atoms with Crippen molar-refractivity contribution in [1.29, 1.82) is 0 Å². The molecule has 1 spiro atoms. The Morgan fingerprint density at radius 2 is 1.85 bits per heavy atom. The Balaban J connectivity index is 1.94. The molecule has 2 aliphatic rings. The molecular weight excluding hydrogens is 352 g/mol. The van der Waals surface area contributed by atoms with Gasteiger partial charge in [0.2, 0.25) is 21.9 Å². The van der Waals surface area contributed by atoms with Crippen molar-refractivity contribution in [3.05, 3.63) is 36.9 Å². The number of rotatable bonds is 5. The predicted octanol–water partition coefficient (Wildman–Crippen LogP) is 1.26. The fourth-order valence-corrected chi connectivity index (χ4v) is 4.52. The molecule has 1 aromatic rings. The van der Waals surface area contributed by atoms with E-state index < -0.39 is 15.7 Å². The van der Waals surface area contributed by atoms with E-state index in [1.807, 2.05) is 4.90 Å². The number of hydrogen-bond acceptors (Lipinski definition) is 7. The van der Waals surface area contributed by atoms with Gasteiger partial charge in [0.1, 0.15) is 5.66 Å². The number of anilines is 1. The van der Waals surface area contributed by atoms with Gasteiger partial charge in [-0.15, -0.1) is 6.58 Å². The largest absolute Gasteiger partial charge is 0.369 e. The molecule has 1 saturated carbocycles. The highest BCUT2D eigenvalue weighted by molar-refractivity contribution is 7.89. The van der Waals surface area contributed by atoms with E-state index in [1.165, 1.54) is 6.08 Å². The average Bonchev–Trinajstić information content (AvgIpc) is 2.60. The van der Waals surface area contributed by atoms with Crippen LogP contribution in [0.25, 0.3) is 0 Å². The topological polar surface area (TPSA) is 126 Å². The van der Waals surface area contributed by atoms with Gasteiger partial charge < -0.3 is 11.5 Å². The Morgan fingerprint density at radius 1 is 1.19 bits per heavy atom. The Labute approximate surface area is 153 Å². The maximum atomic E-state index is 12.2. The van der Waals surface area contributed by atoms with E-state index in [-0.39, 0.29) is 23.4 Å². The van der Waals surface area contributed by atoms with Gasteiger partial charge in [-0.05, 0) is 49.9 Å². The van der Waals surface area contributed by atoms with Crippen molar-refractivity contribution in [3.63, 3.8) is 0 Å². The standard InChI is InChI=1S/C17H24N6O2S/c1-2-12-20-26(24,25)14-8-6-13(7-9-14)23-16(19)21-15(18)22-17(23)10-4-3-5-11-17/h2,6-9,20H,1,3-5,10-12H2,(H4,18,19,21,22). The number of nitrogens with zero attached hydrogens (tertiary/aromatic N) is 3. The van der Waals surface area contributed by atoms with Gasteiger partial charge in [0, 0.05) is 12.2 Å². The Morgan fingerprint density at radius 3 is 2.46 bits per heavy atom. The molecule has 0 amide bonds. The molecule has 9 heteroatoms. The van der Waals surface area contributed by atoms with Gasteiger partial charge in [-0.3, -0.25) is 4.90 Å². The monoisotopic (exact) mass is 376 g/mol. The molecule has 0 unspecified atom stereocenters. The van der Waals surface area contributed by atoms with Crippen LogP contribution in [0.15, 0.2) is 51.8 Å². The van der Waals surface area contributed by atoms with Crippen molar-refractivity contribution in [2.75, 3.05) is 11.4 Å². The minimum absolute atomic E-state index is 0.174. The third kappa shape index (κ3) is 3.45.